The van der Waals surface area contributed by atoms with E-state index in [1.165, 1.54) is 70.6 Å². The smallest absolute Gasteiger partial charge is 0.488 e. The fourth-order valence-corrected chi connectivity index (χ4v) is 2.54. The second-order valence-corrected chi connectivity index (χ2v) is 6.00. The molecule has 0 aliphatic heterocycles. The Kier molecular flexibility index (Phi) is 16.1. The molecule has 4 heteroatoms. The molecular formula is C15H31O3P. The number of unbranched alkanes of at least 4 members (excludes halogenated alkanes) is 12. The van der Waals surface area contributed by atoms with Crippen molar-refractivity contribution in [2.45, 2.75) is 90.4 Å². The lowest BCUT2D eigenvalue weighted by molar-refractivity contribution is -0.185. The summed E-state index contributed by atoms with van der Waals surface area (Å²) in [7, 11) is -2.64. The van der Waals surface area contributed by atoms with Gasteiger partial charge >= 0.3 is 8.25 Å². The maximum atomic E-state index is 10.1. The van der Waals surface area contributed by atoms with Crippen molar-refractivity contribution in [3.63, 3.8) is 0 Å². The summed E-state index contributed by atoms with van der Waals surface area (Å²) in [5, 5.41) is 0. The SMILES string of the molecule is CCCCCCCCCCCCCCCO[P+](=O)[O-]. The van der Waals surface area contributed by atoms with Crippen molar-refractivity contribution in [1.82, 2.24) is 0 Å². The molecule has 0 aromatic heterocycles. The van der Waals surface area contributed by atoms with Crippen molar-refractivity contribution in [3.05, 3.63) is 0 Å². The molecule has 1 atom stereocenters. The number of hydrogen-bond acceptors (Lipinski definition) is 3. The first-order valence-corrected chi connectivity index (χ1v) is 9.14. The quantitative estimate of drug-likeness (QED) is 0.311. The molecule has 0 rings (SSSR count). The van der Waals surface area contributed by atoms with Crippen LogP contribution in [0.15, 0.2) is 0 Å². The Balaban J connectivity index is 2.93. The molecule has 0 aromatic carbocycles. The first-order valence-electron chi connectivity index (χ1n) is 8.04. The highest BCUT2D eigenvalue weighted by Crippen LogP contribution is 2.13. The topological polar surface area (TPSA) is 49.4 Å². The Morgan fingerprint density at radius 1 is 0.737 bits per heavy atom. The van der Waals surface area contributed by atoms with Crippen LogP contribution in [0.25, 0.3) is 0 Å². The van der Waals surface area contributed by atoms with Gasteiger partial charge in [-0.3, -0.25) is 0 Å². The molecule has 3 nitrogen and oxygen atoms in total. The van der Waals surface area contributed by atoms with Gasteiger partial charge in [0.2, 0.25) is 0 Å². The Hall–Kier alpha value is 0.0200. The van der Waals surface area contributed by atoms with E-state index in [9.17, 15) is 9.46 Å². The highest BCUT2D eigenvalue weighted by Gasteiger charge is 1.99. The lowest BCUT2D eigenvalue weighted by Crippen LogP contribution is -1.93. The summed E-state index contributed by atoms with van der Waals surface area (Å²) in [5.74, 6) is 0. The lowest BCUT2D eigenvalue weighted by atomic mass is 10.0. The van der Waals surface area contributed by atoms with Crippen LogP contribution < -0.4 is 4.89 Å². The van der Waals surface area contributed by atoms with Gasteiger partial charge in [0.05, 0.1) is 0 Å². The van der Waals surface area contributed by atoms with Crippen molar-refractivity contribution in [2.75, 3.05) is 6.61 Å². The number of rotatable bonds is 15. The monoisotopic (exact) mass is 290 g/mol. The summed E-state index contributed by atoms with van der Waals surface area (Å²) in [5.41, 5.74) is 0. The molecule has 19 heavy (non-hydrogen) atoms. The minimum Gasteiger partial charge on any atom is -0.566 e. The van der Waals surface area contributed by atoms with Gasteiger partial charge in [0.25, 0.3) is 0 Å². The second kappa shape index (κ2) is 16.1. The average Bonchev–Trinajstić information content (AvgIpc) is 2.39. The van der Waals surface area contributed by atoms with Crippen LogP contribution in [-0.4, -0.2) is 6.61 Å². The first kappa shape index (κ1) is 19.0. The molecule has 0 aliphatic rings. The van der Waals surface area contributed by atoms with E-state index in [0.717, 1.165) is 12.8 Å². The van der Waals surface area contributed by atoms with E-state index in [-0.39, 0.29) is 0 Å². The fraction of sp³-hybridized carbons (Fsp3) is 1.00. The zero-order valence-electron chi connectivity index (χ0n) is 12.6. The highest BCUT2D eigenvalue weighted by molar-refractivity contribution is 7.30. The molecule has 0 saturated heterocycles. The van der Waals surface area contributed by atoms with E-state index in [2.05, 4.69) is 11.4 Å². The minimum atomic E-state index is -2.64. The van der Waals surface area contributed by atoms with Gasteiger partial charge in [0, 0.05) is 0 Å². The second-order valence-electron chi connectivity index (χ2n) is 5.30. The van der Waals surface area contributed by atoms with Gasteiger partial charge in [-0.15, -0.1) is 4.52 Å². The van der Waals surface area contributed by atoms with Crippen LogP contribution in [-0.2, 0) is 9.09 Å². The largest absolute Gasteiger partial charge is 0.566 e. The molecule has 0 spiro atoms. The molecule has 0 radical (unpaired) electrons. The summed E-state index contributed by atoms with van der Waals surface area (Å²) in [6, 6.07) is 0. The Morgan fingerprint density at radius 3 is 1.47 bits per heavy atom. The van der Waals surface area contributed by atoms with Crippen LogP contribution in [0.5, 0.6) is 0 Å². The van der Waals surface area contributed by atoms with Crippen molar-refractivity contribution in [2.24, 2.45) is 0 Å². The highest BCUT2D eigenvalue weighted by atomic mass is 31.1. The molecular weight excluding hydrogens is 259 g/mol. The maximum absolute atomic E-state index is 10.1. The third-order valence-corrected chi connectivity index (χ3v) is 3.84. The zero-order chi connectivity index (χ0) is 14.2. The van der Waals surface area contributed by atoms with Crippen LogP contribution >= 0.6 is 8.25 Å². The van der Waals surface area contributed by atoms with E-state index in [0.29, 0.717) is 6.61 Å². The Morgan fingerprint density at radius 2 is 1.11 bits per heavy atom. The van der Waals surface area contributed by atoms with Gasteiger partial charge < -0.3 is 4.89 Å². The van der Waals surface area contributed by atoms with E-state index in [1.54, 1.807) is 0 Å². The molecule has 0 amide bonds. The summed E-state index contributed by atoms with van der Waals surface area (Å²) >= 11 is 0. The zero-order valence-corrected chi connectivity index (χ0v) is 13.5. The van der Waals surface area contributed by atoms with E-state index in [4.69, 9.17) is 0 Å². The Bertz CT molecular complexity index is 198. The van der Waals surface area contributed by atoms with Gasteiger partial charge in [-0.1, -0.05) is 84.0 Å². The normalized spacial score (nSPS) is 11.8. The molecule has 114 valence electrons. The van der Waals surface area contributed by atoms with Gasteiger partial charge in [-0.2, -0.15) is 0 Å². The van der Waals surface area contributed by atoms with Crippen LogP contribution in [0, 0.1) is 0 Å². The standard InChI is InChI=1S/C15H31O3P/c1-2-3-4-5-6-7-8-9-10-11-12-13-14-15-18-19(16)17/h2-15H2,1H3. The predicted molar refractivity (Wildman–Crippen MR) is 79.3 cm³/mol. The Labute approximate surface area is 120 Å². The van der Waals surface area contributed by atoms with Gasteiger partial charge in [0.1, 0.15) is 6.61 Å². The van der Waals surface area contributed by atoms with Gasteiger partial charge in [-0.05, 0) is 11.0 Å². The minimum absolute atomic E-state index is 0.358. The van der Waals surface area contributed by atoms with Gasteiger partial charge in [-0.25, -0.2) is 0 Å². The lowest BCUT2D eigenvalue weighted by Gasteiger charge is -2.02. The van der Waals surface area contributed by atoms with Gasteiger partial charge in [0.15, 0.2) is 0 Å². The molecule has 1 unspecified atom stereocenters. The van der Waals surface area contributed by atoms with E-state index >= 15 is 0 Å². The van der Waals surface area contributed by atoms with Crippen molar-refractivity contribution in [1.29, 1.82) is 0 Å². The third-order valence-electron chi connectivity index (χ3n) is 3.44. The van der Waals surface area contributed by atoms with Crippen LogP contribution in [0.1, 0.15) is 90.4 Å². The van der Waals surface area contributed by atoms with Crippen LogP contribution in [0.2, 0.25) is 0 Å². The van der Waals surface area contributed by atoms with Crippen molar-refractivity contribution >= 4 is 8.25 Å². The molecule has 0 aromatic rings. The molecule has 0 fully saturated rings. The van der Waals surface area contributed by atoms with E-state index < -0.39 is 8.25 Å². The maximum Gasteiger partial charge on any atom is 0.488 e. The van der Waals surface area contributed by atoms with Crippen LogP contribution in [0.3, 0.4) is 0 Å². The third kappa shape index (κ3) is 18.0. The molecule has 0 bridgehead atoms. The van der Waals surface area contributed by atoms with Crippen molar-refractivity contribution in [3.8, 4) is 0 Å². The average molecular weight is 290 g/mol. The molecule has 0 heterocycles. The van der Waals surface area contributed by atoms with Crippen LogP contribution in [0.4, 0.5) is 0 Å². The number of hydrogen-bond donors (Lipinski definition) is 0. The first-order chi connectivity index (χ1) is 9.27. The summed E-state index contributed by atoms with van der Waals surface area (Å²) < 4.78 is 14.6. The summed E-state index contributed by atoms with van der Waals surface area (Å²) in [6.07, 6.45) is 16.8. The van der Waals surface area contributed by atoms with Crippen molar-refractivity contribution < 1.29 is 14.0 Å². The predicted octanol–water partition coefficient (Wildman–Crippen LogP) is 5.11. The summed E-state index contributed by atoms with van der Waals surface area (Å²) in [4.78, 5) is 10.1. The molecule has 0 saturated carbocycles. The summed E-state index contributed by atoms with van der Waals surface area (Å²) in [6.45, 7) is 2.61. The molecule has 0 aliphatic carbocycles. The molecule has 0 N–H and O–H groups in total. The van der Waals surface area contributed by atoms with E-state index in [1.807, 2.05) is 0 Å². The fourth-order valence-electron chi connectivity index (χ4n) is 2.26.